The van der Waals surface area contributed by atoms with Crippen LogP contribution in [-0.4, -0.2) is 29.8 Å². The lowest BCUT2D eigenvalue weighted by Crippen LogP contribution is -2.49. The van der Waals surface area contributed by atoms with Crippen LogP contribution < -0.4 is 5.32 Å². The van der Waals surface area contributed by atoms with Gasteiger partial charge in [-0.3, -0.25) is 9.59 Å². The molecule has 0 heterocycles. The van der Waals surface area contributed by atoms with Gasteiger partial charge in [-0.1, -0.05) is 89.9 Å². The third kappa shape index (κ3) is 6.59. The summed E-state index contributed by atoms with van der Waals surface area (Å²) in [5.41, 5.74) is 2.88. The van der Waals surface area contributed by atoms with Crippen molar-refractivity contribution in [3.63, 3.8) is 0 Å². The summed E-state index contributed by atoms with van der Waals surface area (Å²) in [7, 11) is 1.59. The molecule has 0 aliphatic heterocycles. The zero-order chi connectivity index (χ0) is 22.9. The van der Waals surface area contributed by atoms with E-state index in [1.54, 1.807) is 24.1 Å². The molecule has 4 nitrogen and oxygen atoms in total. The van der Waals surface area contributed by atoms with Gasteiger partial charge in [0.2, 0.25) is 11.8 Å². The number of benzene rings is 3. The van der Waals surface area contributed by atoms with Crippen molar-refractivity contribution in [1.29, 1.82) is 0 Å². The summed E-state index contributed by atoms with van der Waals surface area (Å²) in [4.78, 5) is 28.0. The summed E-state index contributed by atoms with van der Waals surface area (Å²) in [6.07, 6.45) is 1.32. The summed E-state index contributed by atoms with van der Waals surface area (Å²) in [6.45, 7) is 0.259. The van der Waals surface area contributed by atoms with Gasteiger partial charge in [-0.05, 0) is 35.2 Å². The number of rotatable bonds is 9. The van der Waals surface area contributed by atoms with Crippen LogP contribution >= 0.6 is 23.2 Å². The van der Waals surface area contributed by atoms with Crippen LogP contribution in [-0.2, 0) is 29.0 Å². The second kappa shape index (κ2) is 11.7. The van der Waals surface area contributed by atoms with Crippen LogP contribution in [0.1, 0.15) is 23.1 Å². The molecule has 166 valence electrons. The first-order chi connectivity index (χ1) is 15.5. The van der Waals surface area contributed by atoms with Crippen molar-refractivity contribution >= 4 is 35.0 Å². The number of halogens is 2. The van der Waals surface area contributed by atoms with Crippen LogP contribution in [0.25, 0.3) is 0 Å². The van der Waals surface area contributed by atoms with Gasteiger partial charge in [0.1, 0.15) is 6.04 Å². The van der Waals surface area contributed by atoms with Crippen LogP contribution in [0.15, 0.2) is 78.9 Å². The van der Waals surface area contributed by atoms with E-state index in [0.29, 0.717) is 29.3 Å². The smallest absolute Gasteiger partial charge is 0.242 e. The standard InChI is InChI=1S/C26H26Cl2N2O2/c1-29-26(32)24(17-20-10-6-3-7-11-20)30(18-21-12-14-22(27)23(28)16-21)25(31)15-13-19-8-4-2-5-9-19/h2-12,14,16,24H,13,15,17-18H2,1H3,(H,29,32)/t24-/m1/s1. The Kier molecular flexibility index (Phi) is 8.72. The number of aryl methyl sites for hydroxylation is 1. The third-order valence-electron chi connectivity index (χ3n) is 5.32. The Morgan fingerprint density at radius 3 is 2.06 bits per heavy atom. The Balaban J connectivity index is 1.89. The molecular weight excluding hydrogens is 443 g/mol. The molecule has 0 fully saturated rings. The molecule has 0 aromatic heterocycles. The molecule has 0 bridgehead atoms. The molecule has 6 heteroatoms. The Hall–Kier alpha value is -2.82. The number of nitrogens with zero attached hydrogens (tertiary/aromatic N) is 1. The van der Waals surface area contributed by atoms with E-state index in [1.165, 1.54) is 0 Å². The maximum atomic E-state index is 13.4. The zero-order valence-corrected chi connectivity index (χ0v) is 19.4. The number of hydrogen-bond donors (Lipinski definition) is 1. The molecule has 0 saturated carbocycles. The summed E-state index contributed by atoms with van der Waals surface area (Å²) >= 11 is 12.3. The zero-order valence-electron chi connectivity index (χ0n) is 17.9. The minimum Gasteiger partial charge on any atom is -0.357 e. The average molecular weight is 469 g/mol. The fourth-order valence-corrected chi connectivity index (χ4v) is 3.92. The van der Waals surface area contributed by atoms with Crippen molar-refractivity contribution in [3.05, 3.63) is 106 Å². The highest BCUT2D eigenvalue weighted by molar-refractivity contribution is 6.42. The molecule has 0 spiro atoms. The quantitative estimate of drug-likeness (QED) is 0.462. The van der Waals surface area contributed by atoms with Crippen molar-refractivity contribution in [2.45, 2.75) is 31.8 Å². The second-order valence-electron chi connectivity index (χ2n) is 7.58. The Labute approximate surface area is 199 Å². The van der Waals surface area contributed by atoms with Crippen LogP contribution in [0.5, 0.6) is 0 Å². The van der Waals surface area contributed by atoms with Gasteiger partial charge in [-0.15, -0.1) is 0 Å². The predicted molar refractivity (Wildman–Crippen MR) is 130 cm³/mol. The highest BCUT2D eigenvalue weighted by atomic mass is 35.5. The number of likely N-dealkylation sites (N-methyl/N-ethyl adjacent to an activating group) is 1. The van der Waals surface area contributed by atoms with Crippen LogP contribution in [0, 0.1) is 0 Å². The van der Waals surface area contributed by atoms with Gasteiger partial charge in [0.15, 0.2) is 0 Å². The van der Waals surface area contributed by atoms with Crippen molar-refractivity contribution in [3.8, 4) is 0 Å². The van der Waals surface area contributed by atoms with Gasteiger partial charge in [0.25, 0.3) is 0 Å². The van der Waals surface area contributed by atoms with Gasteiger partial charge in [0.05, 0.1) is 10.0 Å². The first kappa shape index (κ1) is 23.8. The maximum Gasteiger partial charge on any atom is 0.242 e. The molecule has 1 N–H and O–H groups in total. The van der Waals surface area contributed by atoms with Crippen molar-refractivity contribution in [2.75, 3.05) is 7.05 Å². The number of carbonyl (C=O) groups excluding carboxylic acids is 2. The predicted octanol–water partition coefficient (Wildman–Crippen LogP) is 5.31. The van der Waals surface area contributed by atoms with Crippen molar-refractivity contribution in [1.82, 2.24) is 10.2 Å². The summed E-state index contributed by atoms with van der Waals surface area (Å²) in [5.74, 6) is -0.300. The molecule has 2 amide bonds. The van der Waals surface area contributed by atoms with Gasteiger partial charge in [-0.25, -0.2) is 0 Å². The minimum atomic E-state index is -0.653. The topological polar surface area (TPSA) is 49.4 Å². The normalized spacial score (nSPS) is 11.6. The molecule has 1 atom stereocenters. The van der Waals surface area contributed by atoms with Gasteiger partial charge >= 0.3 is 0 Å². The lowest BCUT2D eigenvalue weighted by atomic mass is 10.0. The van der Waals surface area contributed by atoms with Crippen LogP contribution in [0.3, 0.4) is 0 Å². The largest absolute Gasteiger partial charge is 0.357 e. The lowest BCUT2D eigenvalue weighted by Gasteiger charge is -2.31. The molecule has 0 aliphatic carbocycles. The monoisotopic (exact) mass is 468 g/mol. The summed E-state index contributed by atoms with van der Waals surface area (Å²) < 4.78 is 0. The molecule has 0 radical (unpaired) electrons. The van der Waals surface area contributed by atoms with E-state index in [1.807, 2.05) is 66.7 Å². The lowest BCUT2D eigenvalue weighted by molar-refractivity contribution is -0.141. The fourth-order valence-electron chi connectivity index (χ4n) is 3.59. The van der Waals surface area contributed by atoms with E-state index in [9.17, 15) is 9.59 Å². The molecule has 3 rings (SSSR count). The summed E-state index contributed by atoms with van der Waals surface area (Å²) in [5, 5.41) is 3.59. The number of carbonyl (C=O) groups is 2. The molecule has 3 aromatic rings. The first-order valence-electron chi connectivity index (χ1n) is 10.5. The van der Waals surface area contributed by atoms with E-state index < -0.39 is 6.04 Å². The van der Waals surface area contributed by atoms with Gasteiger partial charge in [0, 0.05) is 26.4 Å². The van der Waals surface area contributed by atoms with Crippen molar-refractivity contribution in [2.24, 2.45) is 0 Å². The minimum absolute atomic E-state index is 0.0931. The maximum absolute atomic E-state index is 13.4. The SMILES string of the molecule is CNC(=O)[C@@H](Cc1ccccc1)N(Cc1ccc(Cl)c(Cl)c1)C(=O)CCc1ccccc1. The first-order valence-corrected chi connectivity index (χ1v) is 11.3. The number of hydrogen-bond acceptors (Lipinski definition) is 2. The molecule has 32 heavy (non-hydrogen) atoms. The van der Waals surface area contributed by atoms with E-state index in [2.05, 4.69) is 5.32 Å². The average Bonchev–Trinajstić information content (AvgIpc) is 2.82. The van der Waals surface area contributed by atoms with E-state index in [4.69, 9.17) is 23.2 Å². The van der Waals surface area contributed by atoms with Gasteiger partial charge in [-0.2, -0.15) is 0 Å². The third-order valence-corrected chi connectivity index (χ3v) is 6.06. The second-order valence-corrected chi connectivity index (χ2v) is 8.39. The number of nitrogens with one attached hydrogen (secondary N) is 1. The fraction of sp³-hybridized carbons (Fsp3) is 0.231. The highest BCUT2D eigenvalue weighted by Crippen LogP contribution is 2.24. The van der Waals surface area contributed by atoms with Crippen LogP contribution in [0.4, 0.5) is 0 Å². The molecular formula is C26H26Cl2N2O2. The van der Waals surface area contributed by atoms with E-state index >= 15 is 0 Å². The Morgan fingerprint density at radius 1 is 0.844 bits per heavy atom. The van der Waals surface area contributed by atoms with E-state index in [0.717, 1.165) is 16.7 Å². The Bertz CT molecular complexity index is 1040. The molecule has 0 unspecified atom stereocenters. The molecule has 3 aromatic carbocycles. The summed E-state index contributed by atoms with van der Waals surface area (Å²) in [6, 6.07) is 24.2. The highest BCUT2D eigenvalue weighted by Gasteiger charge is 2.29. The molecule has 0 aliphatic rings. The number of amides is 2. The Morgan fingerprint density at radius 2 is 1.47 bits per heavy atom. The van der Waals surface area contributed by atoms with E-state index in [-0.39, 0.29) is 18.4 Å². The van der Waals surface area contributed by atoms with Gasteiger partial charge < -0.3 is 10.2 Å². The molecule has 0 saturated heterocycles. The van der Waals surface area contributed by atoms with Crippen molar-refractivity contribution < 1.29 is 9.59 Å². The van der Waals surface area contributed by atoms with Crippen LogP contribution in [0.2, 0.25) is 10.0 Å².